The molecule has 0 aliphatic heterocycles. The molecule has 5 nitrogen and oxygen atoms in total. The van der Waals surface area contributed by atoms with Crippen LogP contribution in [0.3, 0.4) is 0 Å². The quantitative estimate of drug-likeness (QED) is 0.667. The summed E-state index contributed by atoms with van der Waals surface area (Å²) in [4.78, 5) is 21.7. The molecule has 0 heterocycles. The number of carbonyl (C=O) groups is 2. The molecule has 1 atom stereocenters. The van der Waals surface area contributed by atoms with E-state index >= 15 is 0 Å². The minimum atomic E-state index is -0.950. The van der Waals surface area contributed by atoms with Gasteiger partial charge in [0.2, 0.25) is 5.91 Å². The van der Waals surface area contributed by atoms with E-state index in [1.165, 1.54) is 0 Å². The Kier molecular flexibility index (Phi) is 4.47. The van der Waals surface area contributed by atoms with Crippen LogP contribution in [-0.4, -0.2) is 23.5 Å². The average molecular weight is 222 g/mol. The van der Waals surface area contributed by atoms with Gasteiger partial charge in [0.05, 0.1) is 6.42 Å². The Hall–Kier alpha value is -1.88. The molecule has 0 fully saturated rings. The van der Waals surface area contributed by atoms with Gasteiger partial charge in [-0.1, -0.05) is 30.3 Å². The SMILES string of the molecule is N[C@@H](C(=O)NCCC(=O)O)c1ccccc1. The van der Waals surface area contributed by atoms with E-state index in [9.17, 15) is 9.59 Å². The van der Waals surface area contributed by atoms with E-state index in [1.54, 1.807) is 24.3 Å². The molecule has 0 aliphatic rings. The molecule has 0 aliphatic carbocycles. The molecule has 1 aromatic rings. The third-order valence-electron chi connectivity index (χ3n) is 2.08. The highest BCUT2D eigenvalue weighted by atomic mass is 16.4. The van der Waals surface area contributed by atoms with Crippen molar-refractivity contribution in [1.29, 1.82) is 0 Å². The highest BCUT2D eigenvalue weighted by Gasteiger charge is 2.14. The zero-order valence-corrected chi connectivity index (χ0v) is 8.72. The van der Waals surface area contributed by atoms with Crippen LogP contribution in [0.1, 0.15) is 18.0 Å². The van der Waals surface area contributed by atoms with Gasteiger partial charge in [0.25, 0.3) is 0 Å². The van der Waals surface area contributed by atoms with E-state index < -0.39 is 12.0 Å². The van der Waals surface area contributed by atoms with Crippen molar-refractivity contribution in [1.82, 2.24) is 5.32 Å². The molecule has 4 N–H and O–H groups in total. The Morgan fingerprint density at radius 3 is 2.50 bits per heavy atom. The molecular weight excluding hydrogens is 208 g/mol. The van der Waals surface area contributed by atoms with Crippen molar-refractivity contribution in [3.05, 3.63) is 35.9 Å². The van der Waals surface area contributed by atoms with Gasteiger partial charge in [-0.05, 0) is 5.56 Å². The van der Waals surface area contributed by atoms with Crippen molar-refractivity contribution in [2.45, 2.75) is 12.5 Å². The number of carboxylic acids is 1. The predicted molar refractivity (Wildman–Crippen MR) is 58.6 cm³/mol. The first kappa shape index (κ1) is 12.2. The van der Waals surface area contributed by atoms with Crippen LogP contribution in [0.2, 0.25) is 0 Å². The predicted octanol–water partition coefficient (Wildman–Crippen LogP) is 0.277. The molecule has 0 saturated carbocycles. The van der Waals surface area contributed by atoms with Gasteiger partial charge in [0.1, 0.15) is 6.04 Å². The summed E-state index contributed by atoms with van der Waals surface area (Å²) in [7, 11) is 0. The molecule has 16 heavy (non-hydrogen) atoms. The van der Waals surface area contributed by atoms with Crippen LogP contribution in [-0.2, 0) is 9.59 Å². The van der Waals surface area contributed by atoms with Crippen molar-refractivity contribution < 1.29 is 14.7 Å². The fraction of sp³-hybridized carbons (Fsp3) is 0.273. The summed E-state index contributed by atoms with van der Waals surface area (Å²) >= 11 is 0. The Balaban J connectivity index is 2.45. The van der Waals surface area contributed by atoms with Crippen molar-refractivity contribution in [3.63, 3.8) is 0 Å². The topological polar surface area (TPSA) is 92.4 Å². The van der Waals surface area contributed by atoms with Gasteiger partial charge in [0.15, 0.2) is 0 Å². The van der Waals surface area contributed by atoms with Gasteiger partial charge < -0.3 is 16.2 Å². The number of benzene rings is 1. The molecule has 0 spiro atoms. The minimum absolute atomic E-state index is 0.0920. The molecule has 0 radical (unpaired) electrons. The second-order valence-electron chi connectivity index (χ2n) is 3.32. The highest BCUT2D eigenvalue weighted by Crippen LogP contribution is 2.08. The number of nitrogens with two attached hydrogens (primary N) is 1. The fourth-order valence-corrected chi connectivity index (χ4v) is 1.21. The number of rotatable bonds is 5. The monoisotopic (exact) mass is 222 g/mol. The van der Waals surface area contributed by atoms with Gasteiger partial charge in [-0.3, -0.25) is 9.59 Å². The van der Waals surface area contributed by atoms with Crippen LogP contribution in [0.4, 0.5) is 0 Å². The lowest BCUT2D eigenvalue weighted by molar-refractivity contribution is -0.136. The van der Waals surface area contributed by atoms with Crippen LogP contribution < -0.4 is 11.1 Å². The van der Waals surface area contributed by atoms with Crippen molar-refractivity contribution in [2.24, 2.45) is 5.73 Å². The molecule has 1 amide bonds. The second-order valence-corrected chi connectivity index (χ2v) is 3.32. The standard InChI is InChI=1S/C11H14N2O3/c12-10(8-4-2-1-3-5-8)11(16)13-7-6-9(14)15/h1-5,10H,6-7,12H2,(H,13,16)(H,14,15)/t10-/m1/s1. The fourth-order valence-electron chi connectivity index (χ4n) is 1.21. The minimum Gasteiger partial charge on any atom is -0.481 e. The van der Waals surface area contributed by atoms with Crippen molar-refractivity contribution in [2.75, 3.05) is 6.54 Å². The summed E-state index contributed by atoms with van der Waals surface area (Å²) < 4.78 is 0. The lowest BCUT2D eigenvalue weighted by Gasteiger charge is -2.11. The summed E-state index contributed by atoms with van der Waals surface area (Å²) in [6.45, 7) is 0.0920. The van der Waals surface area contributed by atoms with E-state index in [2.05, 4.69) is 5.32 Å². The van der Waals surface area contributed by atoms with Crippen LogP contribution in [0, 0.1) is 0 Å². The average Bonchev–Trinajstić information content (AvgIpc) is 2.28. The van der Waals surface area contributed by atoms with E-state index in [-0.39, 0.29) is 18.9 Å². The normalized spacial score (nSPS) is 11.8. The maximum atomic E-state index is 11.5. The first-order valence-corrected chi connectivity index (χ1v) is 4.91. The van der Waals surface area contributed by atoms with Gasteiger partial charge in [-0.25, -0.2) is 0 Å². The molecule has 0 saturated heterocycles. The largest absolute Gasteiger partial charge is 0.481 e. The summed E-state index contributed by atoms with van der Waals surface area (Å²) in [5.74, 6) is -1.32. The van der Waals surface area contributed by atoms with Crippen LogP contribution in [0.5, 0.6) is 0 Å². The Morgan fingerprint density at radius 1 is 1.31 bits per heavy atom. The summed E-state index contributed by atoms with van der Waals surface area (Å²) in [5, 5.41) is 10.9. The molecule has 0 bridgehead atoms. The number of aliphatic carboxylic acids is 1. The first-order chi connectivity index (χ1) is 7.61. The zero-order valence-electron chi connectivity index (χ0n) is 8.72. The molecule has 86 valence electrons. The number of hydrogen-bond acceptors (Lipinski definition) is 3. The van der Waals surface area contributed by atoms with Crippen LogP contribution in [0.25, 0.3) is 0 Å². The molecular formula is C11H14N2O3. The van der Waals surface area contributed by atoms with Gasteiger partial charge in [0, 0.05) is 6.54 Å². The number of nitrogens with one attached hydrogen (secondary N) is 1. The molecule has 1 aromatic carbocycles. The summed E-state index contributed by atoms with van der Waals surface area (Å²) in [6.07, 6.45) is -0.104. The smallest absolute Gasteiger partial charge is 0.305 e. The van der Waals surface area contributed by atoms with E-state index in [1.807, 2.05) is 6.07 Å². The van der Waals surface area contributed by atoms with Gasteiger partial charge in [-0.2, -0.15) is 0 Å². The zero-order chi connectivity index (χ0) is 12.0. The Labute approximate surface area is 93.3 Å². The molecule has 0 unspecified atom stereocenters. The maximum absolute atomic E-state index is 11.5. The number of amides is 1. The lowest BCUT2D eigenvalue weighted by atomic mass is 10.1. The summed E-state index contributed by atoms with van der Waals surface area (Å²) in [6, 6.07) is 8.16. The highest BCUT2D eigenvalue weighted by molar-refractivity contribution is 5.83. The number of carbonyl (C=O) groups excluding carboxylic acids is 1. The van der Waals surface area contributed by atoms with E-state index in [0.29, 0.717) is 5.56 Å². The van der Waals surface area contributed by atoms with Gasteiger partial charge >= 0.3 is 5.97 Å². The molecule has 5 heteroatoms. The third kappa shape index (κ3) is 3.70. The summed E-state index contributed by atoms with van der Waals surface area (Å²) in [5.41, 5.74) is 6.40. The number of hydrogen-bond donors (Lipinski definition) is 3. The lowest BCUT2D eigenvalue weighted by Crippen LogP contribution is -2.35. The maximum Gasteiger partial charge on any atom is 0.305 e. The van der Waals surface area contributed by atoms with Gasteiger partial charge in [-0.15, -0.1) is 0 Å². The Morgan fingerprint density at radius 2 is 1.94 bits per heavy atom. The number of carboxylic acid groups (broad SMARTS) is 1. The second kappa shape index (κ2) is 5.87. The van der Waals surface area contributed by atoms with Crippen LogP contribution in [0.15, 0.2) is 30.3 Å². The van der Waals surface area contributed by atoms with Crippen molar-refractivity contribution >= 4 is 11.9 Å². The third-order valence-corrected chi connectivity index (χ3v) is 2.08. The molecule has 1 rings (SSSR count). The molecule has 0 aromatic heterocycles. The first-order valence-electron chi connectivity index (χ1n) is 4.91. The Bertz CT molecular complexity index is 365. The van der Waals surface area contributed by atoms with E-state index in [0.717, 1.165) is 0 Å². The van der Waals surface area contributed by atoms with Crippen LogP contribution >= 0.6 is 0 Å². The van der Waals surface area contributed by atoms with E-state index in [4.69, 9.17) is 10.8 Å². The van der Waals surface area contributed by atoms with Crippen molar-refractivity contribution in [3.8, 4) is 0 Å².